The summed E-state index contributed by atoms with van der Waals surface area (Å²) in [5, 5.41) is 12.2. The molecule has 1 saturated heterocycles. The molecule has 1 heterocycles. The number of nitrogens with zero attached hydrogens (tertiary/aromatic N) is 1. The van der Waals surface area contributed by atoms with Gasteiger partial charge in [-0.25, -0.2) is 0 Å². The van der Waals surface area contributed by atoms with Gasteiger partial charge in [0.2, 0.25) is 5.91 Å². The summed E-state index contributed by atoms with van der Waals surface area (Å²) < 4.78 is 0. The summed E-state index contributed by atoms with van der Waals surface area (Å²) in [6.45, 7) is 2.49. The number of carbonyl (C=O) groups is 3. The molecule has 24 heavy (non-hydrogen) atoms. The molecule has 1 aromatic carbocycles. The summed E-state index contributed by atoms with van der Waals surface area (Å²) in [7, 11) is 0. The Labute approximate surface area is 140 Å². The van der Waals surface area contributed by atoms with E-state index in [0.29, 0.717) is 18.0 Å². The highest BCUT2D eigenvalue weighted by Gasteiger charge is 2.22. The van der Waals surface area contributed by atoms with Crippen LogP contribution in [0.5, 0.6) is 0 Å². The van der Waals surface area contributed by atoms with Crippen LogP contribution < -0.4 is 11.1 Å². The van der Waals surface area contributed by atoms with Crippen LogP contribution in [0.2, 0.25) is 0 Å². The maximum atomic E-state index is 12.8. The number of benzene rings is 1. The number of primary amides is 1. The van der Waals surface area contributed by atoms with Gasteiger partial charge < -0.3 is 21.1 Å². The van der Waals surface area contributed by atoms with Crippen molar-refractivity contribution in [3.63, 3.8) is 0 Å². The average molecular weight is 333 g/mol. The minimum absolute atomic E-state index is 0.105. The van der Waals surface area contributed by atoms with E-state index in [1.165, 1.54) is 6.07 Å². The highest BCUT2D eigenvalue weighted by atomic mass is 16.4. The summed E-state index contributed by atoms with van der Waals surface area (Å²) in [5.74, 6) is -1.45. The molecule has 2 rings (SSSR count). The molecule has 1 fully saturated rings. The lowest BCUT2D eigenvalue weighted by Crippen LogP contribution is -2.40. The van der Waals surface area contributed by atoms with E-state index < -0.39 is 11.9 Å². The van der Waals surface area contributed by atoms with Crippen molar-refractivity contribution in [1.29, 1.82) is 0 Å². The molecule has 1 aliphatic rings. The number of carbonyl (C=O) groups excluding carboxylic acids is 2. The van der Waals surface area contributed by atoms with Crippen LogP contribution in [0.25, 0.3) is 0 Å². The van der Waals surface area contributed by atoms with Crippen LogP contribution in [0.1, 0.15) is 40.0 Å². The van der Waals surface area contributed by atoms with Crippen molar-refractivity contribution in [2.75, 3.05) is 26.2 Å². The maximum Gasteiger partial charge on any atom is 0.305 e. The van der Waals surface area contributed by atoms with Crippen LogP contribution >= 0.6 is 0 Å². The van der Waals surface area contributed by atoms with Gasteiger partial charge in [-0.2, -0.15) is 0 Å². The average Bonchev–Trinajstić information content (AvgIpc) is 2.58. The molecule has 1 aromatic rings. The number of nitrogens with two attached hydrogens (primary N) is 1. The van der Waals surface area contributed by atoms with Crippen LogP contribution in [0.4, 0.5) is 0 Å². The van der Waals surface area contributed by atoms with Crippen LogP contribution in [-0.2, 0) is 4.79 Å². The second-order valence-electron chi connectivity index (χ2n) is 6.03. The van der Waals surface area contributed by atoms with Crippen LogP contribution in [-0.4, -0.2) is 54.0 Å². The smallest absolute Gasteiger partial charge is 0.305 e. The SMILES string of the molecule is NC(=O)c1cccc(C(=O)N(CCC(=O)O)CC2CCNCC2)c1. The maximum absolute atomic E-state index is 12.8. The summed E-state index contributed by atoms with van der Waals surface area (Å²) in [4.78, 5) is 36.5. The second kappa shape index (κ2) is 8.44. The Morgan fingerprint density at radius 3 is 2.50 bits per heavy atom. The third-order valence-corrected chi connectivity index (χ3v) is 4.21. The van der Waals surface area contributed by atoms with Crippen molar-refractivity contribution in [2.45, 2.75) is 19.3 Å². The van der Waals surface area contributed by atoms with Crippen LogP contribution in [0, 0.1) is 5.92 Å². The zero-order chi connectivity index (χ0) is 17.5. The molecule has 4 N–H and O–H groups in total. The summed E-state index contributed by atoms with van der Waals surface area (Å²) in [5.41, 5.74) is 5.88. The molecule has 2 amide bonds. The van der Waals surface area contributed by atoms with E-state index in [4.69, 9.17) is 10.8 Å². The first-order valence-corrected chi connectivity index (χ1v) is 8.09. The topological polar surface area (TPSA) is 113 Å². The third-order valence-electron chi connectivity index (χ3n) is 4.21. The zero-order valence-electron chi connectivity index (χ0n) is 13.5. The highest BCUT2D eigenvalue weighted by molar-refractivity contribution is 5.99. The predicted octanol–water partition coefficient (Wildman–Crippen LogP) is 0.702. The zero-order valence-corrected chi connectivity index (χ0v) is 13.5. The van der Waals surface area contributed by atoms with Crippen LogP contribution in [0.3, 0.4) is 0 Å². The molecule has 0 bridgehead atoms. The van der Waals surface area contributed by atoms with Crippen molar-refractivity contribution in [1.82, 2.24) is 10.2 Å². The molecule has 7 heteroatoms. The lowest BCUT2D eigenvalue weighted by molar-refractivity contribution is -0.137. The first-order valence-electron chi connectivity index (χ1n) is 8.09. The first-order chi connectivity index (χ1) is 11.5. The third kappa shape index (κ3) is 5.06. The van der Waals surface area contributed by atoms with Gasteiger partial charge >= 0.3 is 5.97 Å². The number of carboxylic acids is 1. The molecule has 0 unspecified atom stereocenters. The molecule has 0 atom stereocenters. The molecule has 0 saturated carbocycles. The van der Waals surface area contributed by atoms with Gasteiger partial charge in [0.05, 0.1) is 6.42 Å². The van der Waals surface area contributed by atoms with E-state index in [2.05, 4.69) is 5.32 Å². The number of hydrogen-bond donors (Lipinski definition) is 3. The summed E-state index contributed by atoms with van der Waals surface area (Å²) in [6.07, 6.45) is 1.81. The molecular weight excluding hydrogens is 310 g/mol. The Morgan fingerprint density at radius 2 is 1.88 bits per heavy atom. The molecule has 0 aliphatic carbocycles. The first kappa shape index (κ1) is 17.9. The minimum atomic E-state index is -0.941. The number of amides is 2. The lowest BCUT2D eigenvalue weighted by atomic mass is 9.97. The number of nitrogens with one attached hydrogen (secondary N) is 1. The summed E-state index contributed by atoms with van der Waals surface area (Å²) >= 11 is 0. The van der Waals surface area contributed by atoms with E-state index in [-0.39, 0.29) is 24.4 Å². The molecule has 0 spiro atoms. The van der Waals surface area contributed by atoms with E-state index in [0.717, 1.165) is 25.9 Å². The van der Waals surface area contributed by atoms with Gasteiger partial charge in [0.25, 0.3) is 5.91 Å². The number of carboxylic acid groups (broad SMARTS) is 1. The Bertz CT molecular complexity index is 612. The number of hydrogen-bond acceptors (Lipinski definition) is 4. The van der Waals surface area contributed by atoms with Gasteiger partial charge in [0, 0.05) is 24.2 Å². The van der Waals surface area contributed by atoms with Gasteiger partial charge in [-0.1, -0.05) is 6.07 Å². The van der Waals surface area contributed by atoms with Crippen molar-refractivity contribution >= 4 is 17.8 Å². The van der Waals surface area contributed by atoms with Gasteiger partial charge in [-0.3, -0.25) is 14.4 Å². The predicted molar refractivity (Wildman–Crippen MR) is 88.7 cm³/mol. The Balaban J connectivity index is 2.14. The molecule has 7 nitrogen and oxygen atoms in total. The fourth-order valence-electron chi connectivity index (χ4n) is 2.87. The standard InChI is InChI=1S/C17H23N3O4/c18-16(23)13-2-1-3-14(10-13)17(24)20(9-6-15(21)22)11-12-4-7-19-8-5-12/h1-3,10,12,19H,4-9,11H2,(H2,18,23)(H,21,22). The van der Waals surface area contributed by atoms with Gasteiger partial charge in [0.1, 0.15) is 0 Å². The number of piperidine rings is 1. The van der Waals surface area contributed by atoms with E-state index >= 15 is 0 Å². The van der Waals surface area contributed by atoms with E-state index in [9.17, 15) is 14.4 Å². The molecule has 0 aromatic heterocycles. The van der Waals surface area contributed by atoms with Crippen molar-refractivity contribution in [2.24, 2.45) is 11.7 Å². The molecule has 1 aliphatic heterocycles. The molecule has 130 valence electrons. The van der Waals surface area contributed by atoms with Gasteiger partial charge in [-0.15, -0.1) is 0 Å². The Morgan fingerprint density at radius 1 is 1.21 bits per heavy atom. The van der Waals surface area contributed by atoms with Crippen molar-refractivity contribution < 1.29 is 19.5 Å². The fraction of sp³-hybridized carbons (Fsp3) is 0.471. The van der Waals surface area contributed by atoms with Crippen molar-refractivity contribution in [3.8, 4) is 0 Å². The van der Waals surface area contributed by atoms with Gasteiger partial charge in [-0.05, 0) is 50.0 Å². The summed E-state index contributed by atoms with van der Waals surface area (Å²) in [6, 6.07) is 6.23. The minimum Gasteiger partial charge on any atom is -0.481 e. The van der Waals surface area contributed by atoms with Gasteiger partial charge in [0.15, 0.2) is 0 Å². The fourth-order valence-corrected chi connectivity index (χ4v) is 2.87. The largest absolute Gasteiger partial charge is 0.481 e. The van der Waals surface area contributed by atoms with E-state index in [1.54, 1.807) is 23.1 Å². The molecule has 0 radical (unpaired) electrons. The highest BCUT2D eigenvalue weighted by Crippen LogP contribution is 2.16. The number of rotatable bonds is 7. The normalized spacial score (nSPS) is 15.0. The Kier molecular flexibility index (Phi) is 6.31. The van der Waals surface area contributed by atoms with E-state index in [1.807, 2.05) is 0 Å². The monoisotopic (exact) mass is 333 g/mol. The quantitative estimate of drug-likeness (QED) is 0.680. The lowest BCUT2D eigenvalue weighted by Gasteiger charge is -2.30. The number of aliphatic carboxylic acids is 1. The van der Waals surface area contributed by atoms with Crippen molar-refractivity contribution in [3.05, 3.63) is 35.4 Å². The van der Waals surface area contributed by atoms with Crippen LogP contribution in [0.15, 0.2) is 24.3 Å². The molecular formula is C17H23N3O4. The Hall–Kier alpha value is -2.41. The second-order valence-corrected chi connectivity index (χ2v) is 6.03.